The van der Waals surface area contributed by atoms with Gasteiger partial charge >= 0.3 is 6.03 Å². The summed E-state index contributed by atoms with van der Waals surface area (Å²) >= 11 is 0. The van der Waals surface area contributed by atoms with Gasteiger partial charge in [-0.2, -0.15) is 0 Å². The zero-order valence-corrected chi connectivity index (χ0v) is 25.5. The molecule has 9 nitrogen and oxygen atoms in total. The summed E-state index contributed by atoms with van der Waals surface area (Å²) in [6, 6.07) is 8.58. The van der Waals surface area contributed by atoms with Gasteiger partial charge in [0, 0.05) is 32.5 Å². The van der Waals surface area contributed by atoms with Gasteiger partial charge in [0.15, 0.2) is 11.6 Å². The van der Waals surface area contributed by atoms with Gasteiger partial charge in [-0.3, -0.25) is 14.4 Å². The quantitative estimate of drug-likeness (QED) is 0.193. The van der Waals surface area contributed by atoms with E-state index >= 15 is 0 Å². The van der Waals surface area contributed by atoms with Gasteiger partial charge < -0.3 is 24.4 Å². The summed E-state index contributed by atoms with van der Waals surface area (Å²) in [7, 11) is 0. The van der Waals surface area contributed by atoms with Gasteiger partial charge in [0.05, 0.1) is 44.5 Å². The van der Waals surface area contributed by atoms with Crippen molar-refractivity contribution in [2.45, 2.75) is 96.8 Å². The van der Waals surface area contributed by atoms with Crippen LogP contribution in [0.2, 0.25) is 0 Å². The molecule has 1 saturated carbocycles. The lowest BCUT2D eigenvalue weighted by Crippen LogP contribution is -2.52. The molecule has 0 radical (unpaired) electrons. The van der Waals surface area contributed by atoms with Gasteiger partial charge in [0.1, 0.15) is 0 Å². The summed E-state index contributed by atoms with van der Waals surface area (Å²) in [5.41, 5.74) is 0.944. The van der Waals surface area contributed by atoms with E-state index in [9.17, 15) is 19.2 Å². The maximum absolute atomic E-state index is 13.8. The van der Waals surface area contributed by atoms with Gasteiger partial charge in [-0.1, -0.05) is 62.4 Å². The number of nitrogens with one attached hydrogen (secondary N) is 1. The number of ether oxygens (including phenoxy) is 3. The summed E-state index contributed by atoms with van der Waals surface area (Å²) in [5.74, 6) is -1.83. The molecule has 1 N–H and O–H groups in total. The number of nitrogens with zero attached hydrogens (tertiary/aromatic N) is 1. The highest BCUT2D eigenvalue weighted by atomic mass is 16.5. The molecule has 1 aliphatic carbocycles. The van der Waals surface area contributed by atoms with Crippen molar-refractivity contribution in [2.75, 3.05) is 39.5 Å². The molecule has 42 heavy (non-hydrogen) atoms. The molecule has 1 heterocycles. The molecule has 2 atom stereocenters. The third-order valence-corrected chi connectivity index (χ3v) is 8.05. The summed E-state index contributed by atoms with van der Waals surface area (Å²) in [6.45, 7) is 6.57. The molecule has 0 aromatic heterocycles. The minimum Gasteiger partial charge on any atom is -0.379 e. The number of hydrogen-bond donors (Lipinski definition) is 1. The SMILES string of the molecule is CC(C)OCCCCC(=O)C(=O)C(COCc1ccccc1)CC(=O)[C@H](CC1CCCCC1)NC(=O)N1CCOCC1. The maximum Gasteiger partial charge on any atom is 0.318 e. The third-order valence-electron chi connectivity index (χ3n) is 8.05. The Morgan fingerprint density at radius 1 is 1.00 bits per heavy atom. The van der Waals surface area contributed by atoms with E-state index in [1.165, 1.54) is 6.42 Å². The Bertz CT molecular complexity index is 972. The van der Waals surface area contributed by atoms with Crippen LogP contribution in [0.25, 0.3) is 0 Å². The number of amides is 2. The standard InChI is InChI=1S/C33H50N2O7/c1-25(2)42-18-10-9-15-30(36)32(38)28(24-41-23-27-13-7-4-8-14-27)22-31(37)29(21-26-11-5-3-6-12-26)34-33(39)35-16-19-40-20-17-35/h4,7-8,13-14,25-26,28-29H,3,5-6,9-12,15-24H2,1-2H3,(H,34,39)/t28?,29-/m0/s1. The minimum atomic E-state index is -0.894. The summed E-state index contributed by atoms with van der Waals surface area (Å²) in [5, 5.41) is 2.98. The number of carbonyl (C=O) groups excluding carboxylic acids is 4. The molecule has 1 saturated heterocycles. The number of ketones is 3. The van der Waals surface area contributed by atoms with Crippen molar-refractivity contribution in [1.29, 1.82) is 0 Å². The molecule has 2 amide bonds. The Balaban J connectivity index is 1.66. The molecule has 234 valence electrons. The molecule has 2 fully saturated rings. The number of urea groups is 1. The first kappa shape index (κ1) is 33.9. The predicted octanol–water partition coefficient (Wildman–Crippen LogP) is 4.89. The molecular weight excluding hydrogens is 536 g/mol. The van der Waals surface area contributed by atoms with Gasteiger partial charge in [-0.05, 0) is 44.6 Å². The fourth-order valence-corrected chi connectivity index (χ4v) is 5.60. The van der Waals surface area contributed by atoms with Crippen LogP contribution in [0.15, 0.2) is 30.3 Å². The molecule has 1 aromatic rings. The van der Waals surface area contributed by atoms with Crippen molar-refractivity contribution < 1.29 is 33.4 Å². The molecule has 0 spiro atoms. The van der Waals surface area contributed by atoms with Crippen molar-refractivity contribution in [1.82, 2.24) is 10.2 Å². The number of carbonyl (C=O) groups is 4. The minimum absolute atomic E-state index is 0.0325. The van der Waals surface area contributed by atoms with Crippen LogP contribution in [0.4, 0.5) is 4.79 Å². The van der Waals surface area contributed by atoms with E-state index in [0.717, 1.165) is 31.2 Å². The Labute approximate surface area is 251 Å². The second-order valence-electron chi connectivity index (χ2n) is 11.9. The normalized spacial score (nSPS) is 17.5. The van der Waals surface area contributed by atoms with Crippen LogP contribution in [-0.2, 0) is 35.2 Å². The molecule has 9 heteroatoms. The van der Waals surface area contributed by atoms with E-state index in [1.807, 2.05) is 44.2 Å². The van der Waals surface area contributed by atoms with E-state index in [2.05, 4.69) is 5.32 Å². The van der Waals surface area contributed by atoms with Crippen molar-refractivity contribution in [3.8, 4) is 0 Å². The first-order valence-electron chi connectivity index (χ1n) is 15.8. The van der Waals surface area contributed by atoms with Crippen LogP contribution in [0.3, 0.4) is 0 Å². The average Bonchev–Trinajstić information content (AvgIpc) is 3.00. The highest BCUT2D eigenvalue weighted by Gasteiger charge is 2.33. The van der Waals surface area contributed by atoms with Crippen molar-refractivity contribution in [2.24, 2.45) is 11.8 Å². The average molecular weight is 587 g/mol. The summed E-state index contributed by atoms with van der Waals surface area (Å²) in [4.78, 5) is 54.8. The van der Waals surface area contributed by atoms with Crippen LogP contribution in [-0.4, -0.2) is 79.9 Å². The monoisotopic (exact) mass is 586 g/mol. The van der Waals surface area contributed by atoms with Crippen LogP contribution in [0.1, 0.15) is 83.6 Å². The van der Waals surface area contributed by atoms with E-state index in [4.69, 9.17) is 14.2 Å². The fourth-order valence-electron chi connectivity index (χ4n) is 5.60. The highest BCUT2D eigenvalue weighted by molar-refractivity contribution is 6.38. The lowest BCUT2D eigenvalue weighted by Gasteiger charge is -2.31. The smallest absolute Gasteiger partial charge is 0.318 e. The molecule has 3 rings (SSSR count). The first-order chi connectivity index (χ1) is 20.3. The third kappa shape index (κ3) is 12.3. The highest BCUT2D eigenvalue weighted by Crippen LogP contribution is 2.28. The van der Waals surface area contributed by atoms with Gasteiger partial charge in [-0.25, -0.2) is 4.79 Å². The number of hydrogen-bond acceptors (Lipinski definition) is 7. The second-order valence-corrected chi connectivity index (χ2v) is 11.9. The molecule has 1 unspecified atom stereocenters. The van der Waals surface area contributed by atoms with Crippen LogP contribution in [0.5, 0.6) is 0 Å². The molecule has 0 bridgehead atoms. The van der Waals surface area contributed by atoms with Crippen molar-refractivity contribution >= 4 is 23.4 Å². The molecular formula is C33H50N2O7. The zero-order chi connectivity index (χ0) is 30.2. The Kier molecular flexibility index (Phi) is 15.2. The number of Topliss-reactive ketones (excluding diaryl/α,β-unsaturated/α-hetero) is 3. The summed E-state index contributed by atoms with van der Waals surface area (Å²) < 4.78 is 16.8. The molecule has 1 aromatic carbocycles. The Hall–Kier alpha value is -2.62. The Morgan fingerprint density at radius 2 is 1.71 bits per heavy atom. The van der Waals surface area contributed by atoms with E-state index in [-0.39, 0.29) is 44.0 Å². The van der Waals surface area contributed by atoms with Crippen LogP contribution in [0, 0.1) is 11.8 Å². The maximum atomic E-state index is 13.8. The van der Waals surface area contributed by atoms with E-state index < -0.39 is 23.5 Å². The number of benzene rings is 1. The largest absolute Gasteiger partial charge is 0.379 e. The zero-order valence-electron chi connectivity index (χ0n) is 25.5. The Morgan fingerprint density at radius 3 is 2.40 bits per heavy atom. The van der Waals surface area contributed by atoms with Gasteiger partial charge in [-0.15, -0.1) is 0 Å². The first-order valence-corrected chi connectivity index (χ1v) is 15.8. The van der Waals surface area contributed by atoms with Crippen LogP contribution >= 0.6 is 0 Å². The lowest BCUT2D eigenvalue weighted by molar-refractivity contribution is -0.141. The fraction of sp³-hybridized carbons (Fsp3) is 0.697. The number of unbranched alkanes of at least 4 members (excludes halogenated alkanes) is 1. The van der Waals surface area contributed by atoms with E-state index in [0.29, 0.717) is 58.1 Å². The molecule has 1 aliphatic heterocycles. The van der Waals surface area contributed by atoms with E-state index in [1.54, 1.807) is 4.90 Å². The van der Waals surface area contributed by atoms with Crippen molar-refractivity contribution in [3.63, 3.8) is 0 Å². The number of rotatable bonds is 18. The lowest BCUT2D eigenvalue weighted by atomic mass is 9.82. The number of morpholine rings is 1. The van der Waals surface area contributed by atoms with Gasteiger partial charge in [0.25, 0.3) is 0 Å². The molecule has 2 aliphatic rings. The van der Waals surface area contributed by atoms with Crippen LogP contribution < -0.4 is 5.32 Å². The van der Waals surface area contributed by atoms with Gasteiger partial charge in [0.2, 0.25) is 5.78 Å². The topological polar surface area (TPSA) is 111 Å². The second kappa shape index (κ2) is 18.8. The van der Waals surface area contributed by atoms with Crippen molar-refractivity contribution in [3.05, 3.63) is 35.9 Å². The predicted molar refractivity (Wildman–Crippen MR) is 160 cm³/mol. The summed E-state index contributed by atoms with van der Waals surface area (Å²) in [6.07, 6.45) is 7.34.